The van der Waals surface area contributed by atoms with Gasteiger partial charge in [0.2, 0.25) is 0 Å². The highest BCUT2D eigenvalue weighted by atomic mass is 19.4. The second-order valence-corrected chi connectivity index (χ2v) is 9.08. The highest BCUT2D eigenvalue weighted by Crippen LogP contribution is 2.30. The van der Waals surface area contributed by atoms with Gasteiger partial charge in [0.05, 0.1) is 5.56 Å². The Morgan fingerprint density at radius 1 is 0.892 bits per heavy atom. The lowest BCUT2D eigenvalue weighted by Crippen LogP contribution is -2.42. The van der Waals surface area contributed by atoms with Crippen LogP contribution in [0.3, 0.4) is 0 Å². The molecule has 2 N–H and O–H groups in total. The van der Waals surface area contributed by atoms with Gasteiger partial charge in [-0.15, -0.1) is 0 Å². The van der Waals surface area contributed by atoms with Crippen LogP contribution in [0.25, 0.3) is 0 Å². The molecule has 0 unspecified atom stereocenters. The molecule has 0 saturated carbocycles. The Bertz CT molecular complexity index is 1120. The molecule has 4 rings (SSSR count). The van der Waals surface area contributed by atoms with Crippen LogP contribution in [-0.4, -0.2) is 64.0 Å². The average Bonchev–Trinajstić information content (AvgIpc) is 2.87. The number of likely N-dealkylation sites (tertiary alicyclic amines) is 1. The van der Waals surface area contributed by atoms with Crippen LogP contribution in [0.15, 0.2) is 60.7 Å². The molecule has 0 bridgehead atoms. The average molecular weight is 519 g/mol. The monoisotopic (exact) mass is 518 g/mol. The Labute approximate surface area is 212 Å². The molecule has 7 nitrogen and oxygen atoms in total. The maximum Gasteiger partial charge on any atom is 0.416 e. The van der Waals surface area contributed by atoms with Gasteiger partial charge in [-0.2, -0.15) is 13.2 Å². The van der Waals surface area contributed by atoms with Gasteiger partial charge in [0.1, 0.15) is 0 Å². The Morgan fingerprint density at radius 3 is 2.11 bits per heavy atom. The number of carbonyl (C=O) groups excluding carboxylic acids is 1. The summed E-state index contributed by atoms with van der Waals surface area (Å²) in [7, 11) is 0. The second-order valence-electron chi connectivity index (χ2n) is 9.08. The molecule has 0 aliphatic carbocycles. The van der Waals surface area contributed by atoms with Crippen molar-refractivity contribution in [3.8, 4) is 0 Å². The SMILES string of the molecule is O=C(O)C=CC(=O)O.O=C(c1cccc(C(F)(F)F)c1)N1CCC(CN2CCc3ccccc3C2)CC1. The molecule has 2 aromatic carbocycles. The second kappa shape index (κ2) is 12.5. The van der Waals surface area contributed by atoms with Crippen LogP contribution in [0.2, 0.25) is 0 Å². The Hall–Kier alpha value is -3.66. The van der Waals surface area contributed by atoms with Crippen molar-refractivity contribution in [2.75, 3.05) is 26.2 Å². The number of piperidine rings is 1. The van der Waals surface area contributed by atoms with Gasteiger partial charge in [-0.25, -0.2) is 9.59 Å². The zero-order valence-corrected chi connectivity index (χ0v) is 20.2. The standard InChI is InChI=1S/C23H25F3N2O.C4H4O4/c24-23(25,26)21-7-3-6-19(14-21)22(29)28-12-8-17(9-13-28)15-27-11-10-18-4-1-2-5-20(18)16-27;5-3(6)1-2-4(7)8/h1-7,14,17H,8-13,15-16H2;1-2H,(H,5,6)(H,7,8). The van der Waals surface area contributed by atoms with Crippen LogP contribution in [0.5, 0.6) is 0 Å². The Morgan fingerprint density at radius 2 is 1.51 bits per heavy atom. The molecular weight excluding hydrogens is 489 g/mol. The fourth-order valence-corrected chi connectivity index (χ4v) is 4.55. The molecular formula is C27H29F3N2O5. The molecule has 198 valence electrons. The summed E-state index contributed by atoms with van der Waals surface area (Å²) in [4.78, 5) is 35.9. The van der Waals surface area contributed by atoms with Gasteiger partial charge in [-0.3, -0.25) is 9.69 Å². The summed E-state index contributed by atoms with van der Waals surface area (Å²) in [6, 6.07) is 13.3. The zero-order chi connectivity index (χ0) is 27.0. The number of halogens is 3. The van der Waals surface area contributed by atoms with Gasteiger partial charge in [-0.1, -0.05) is 30.3 Å². The third-order valence-electron chi connectivity index (χ3n) is 6.43. The predicted molar refractivity (Wildman–Crippen MR) is 130 cm³/mol. The van der Waals surface area contributed by atoms with Gasteiger partial charge in [0.25, 0.3) is 5.91 Å². The lowest BCUT2D eigenvalue weighted by Gasteiger charge is -2.36. The fraction of sp³-hybridized carbons (Fsp3) is 0.370. The van der Waals surface area contributed by atoms with Crippen LogP contribution < -0.4 is 0 Å². The number of fused-ring (bicyclic) bond motifs is 1. The van der Waals surface area contributed by atoms with Crippen molar-refractivity contribution in [2.24, 2.45) is 5.92 Å². The third kappa shape index (κ3) is 8.45. The molecule has 0 aromatic heterocycles. The summed E-state index contributed by atoms with van der Waals surface area (Å²) in [5.41, 5.74) is 2.18. The van der Waals surface area contributed by atoms with Gasteiger partial charge >= 0.3 is 18.1 Å². The van der Waals surface area contributed by atoms with E-state index in [0.29, 0.717) is 31.2 Å². The molecule has 1 fully saturated rings. The van der Waals surface area contributed by atoms with Crippen molar-refractivity contribution in [3.63, 3.8) is 0 Å². The molecule has 1 amide bonds. The number of carbonyl (C=O) groups is 3. The van der Waals surface area contributed by atoms with E-state index in [4.69, 9.17) is 10.2 Å². The highest BCUT2D eigenvalue weighted by Gasteiger charge is 2.32. The zero-order valence-electron chi connectivity index (χ0n) is 20.2. The molecule has 37 heavy (non-hydrogen) atoms. The van der Waals surface area contributed by atoms with E-state index in [1.54, 1.807) is 4.90 Å². The van der Waals surface area contributed by atoms with Gasteiger partial charge < -0.3 is 15.1 Å². The topological polar surface area (TPSA) is 98.1 Å². The summed E-state index contributed by atoms with van der Waals surface area (Å²) >= 11 is 0. The van der Waals surface area contributed by atoms with E-state index in [1.165, 1.54) is 23.3 Å². The van der Waals surface area contributed by atoms with Crippen LogP contribution in [-0.2, 0) is 28.7 Å². The van der Waals surface area contributed by atoms with E-state index < -0.39 is 23.7 Å². The first kappa shape index (κ1) is 27.9. The smallest absolute Gasteiger partial charge is 0.416 e. The van der Waals surface area contributed by atoms with Crippen LogP contribution in [0.1, 0.15) is 39.9 Å². The summed E-state index contributed by atoms with van der Waals surface area (Å²) in [6.45, 7) is 4.24. The summed E-state index contributed by atoms with van der Waals surface area (Å²) < 4.78 is 38.7. The number of hydrogen-bond acceptors (Lipinski definition) is 4. The Kier molecular flexibility index (Phi) is 9.46. The predicted octanol–water partition coefficient (Wildman–Crippen LogP) is 4.33. The largest absolute Gasteiger partial charge is 0.478 e. The van der Waals surface area contributed by atoms with Gasteiger partial charge in [-0.05, 0) is 54.5 Å². The molecule has 0 spiro atoms. The van der Waals surface area contributed by atoms with Crippen LogP contribution in [0, 0.1) is 5.92 Å². The lowest BCUT2D eigenvalue weighted by molar-refractivity contribution is -0.137. The Balaban J connectivity index is 0.000000414. The quantitative estimate of drug-likeness (QED) is 0.572. The molecule has 0 radical (unpaired) electrons. The number of nitrogens with zero attached hydrogens (tertiary/aromatic N) is 2. The number of alkyl halides is 3. The van der Waals surface area contributed by atoms with E-state index in [0.717, 1.165) is 51.0 Å². The number of amides is 1. The number of carboxylic acid groups (broad SMARTS) is 2. The summed E-state index contributed by atoms with van der Waals surface area (Å²) in [5, 5.41) is 15.6. The maximum atomic E-state index is 12.9. The highest BCUT2D eigenvalue weighted by molar-refractivity contribution is 5.94. The third-order valence-corrected chi connectivity index (χ3v) is 6.43. The van der Waals surface area contributed by atoms with Crippen molar-refractivity contribution in [2.45, 2.75) is 32.0 Å². The minimum atomic E-state index is -4.43. The molecule has 1 saturated heterocycles. The van der Waals surface area contributed by atoms with Gasteiger partial charge in [0.15, 0.2) is 0 Å². The number of carboxylic acids is 2. The van der Waals surface area contributed by atoms with Crippen molar-refractivity contribution in [1.29, 1.82) is 0 Å². The molecule has 10 heteroatoms. The molecule has 2 aliphatic heterocycles. The van der Waals surface area contributed by atoms with Crippen molar-refractivity contribution in [1.82, 2.24) is 9.80 Å². The van der Waals surface area contributed by atoms with Crippen molar-refractivity contribution >= 4 is 17.8 Å². The first-order valence-electron chi connectivity index (χ1n) is 11.9. The normalized spacial score (nSPS) is 16.6. The van der Waals surface area contributed by atoms with E-state index >= 15 is 0 Å². The molecule has 2 heterocycles. The number of benzene rings is 2. The maximum absolute atomic E-state index is 12.9. The van der Waals surface area contributed by atoms with E-state index in [2.05, 4.69) is 29.2 Å². The van der Waals surface area contributed by atoms with Crippen LogP contribution in [0.4, 0.5) is 13.2 Å². The number of aliphatic carboxylic acids is 2. The van der Waals surface area contributed by atoms with Crippen molar-refractivity contribution in [3.05, 3.63) is 82.9 Å². The van der Waals surface area contributed by atoms with E-state index in [-0.39, 0.29) is 11.5 Å². The molecule has 0 atom stereocenters. The number of hydrogen-bond donors (Lipinski definition) is 2. The van der Waals surface area contributed by atoms with E-state index in [9.17, 15) is 27.6 Å². The molecule has 2 aliphatic rings. The number of rotatable bonds is 5. The minimum absolute atomic E-state index is 0.117. The summed E-state index contributed by atoms with van der Waals surface area (Å²) in [6.07, 6.45) is -0.463. The minimum Gasteiger partial charge on any atom is -0.478 e. The van der Waals surface area contributed by atoms with E-state index in [1.807, 2.05) is 0 Å². The van der Waals surface area contributed by atoms with Crippen LogP contribution >= 0.6 is 0 Å². The fourth-order valence-electron chi connectivity index (χ4n) is 4.55. The first-order valence-corrected chi connectivity index (χ1v) is 11.9. The first-order chi connectivity index (χ1) is 17.5. The van der Waals surface area contributed by atoms with Crippen molar-refractivity contribution < 1.29 is 37.8 Å². The lowest BCUT2D eigenvalue weighted by atomic mass is 9.93. The molecule has 2 aromatic rings. The van der Waals surface area contributed by atoms with Gasteiger partial charge in [0, 0.05) is 50.4 Å². The summed E-state index contributed by atoms with van der Waals surface area (Å²) in [5.74, 6) is -2.30.